The molecule has 0 spiro atoms. The van der Waals surface area contributed by atoms with E-state index in [-0.39, 0.29) is 24.3 Å². The Kier molecular flexibility index (Phi) is 6.04. The Balaban J connectivity index is 0.00000208. The predicted molar refractivity (Wildman–Crippen MR) is 94.9 cm³/mol. The van der Waals surface area contributed by atoms with Crippen LogP contribution in [0.5, 0.6) is 0 Å². The summed E-state index contributed by atoms with van der Waals surface area (Å²) in [7, 11) is 1.58. The largest absolute Gasteiger partial charge is 0.368 e. The Labute approximate surface area is 147 Å². The van der Waals surface area contributed by atoms with Crippen LogP contribution in [0.3, 0.4) is 0 Å². The molecule has 3 rings (SSSR count). The zero-order valence-electron chi connectivity index (χ0n) is 13.6. The summed E-state index contributed by atoms with van der Waals surface area (Å²) in [5.41, 5.74) is 0.656. The SMILES string of the molecule is COC1(C(=O)Nc2cccc(N3CCNC3=O)c2)CCNCC1.Cl. The Morgan fingerprint density at radius 1 is 1.29 bits per heavy atom. The van der Waals surface area contributed by atoms with Gasteiger partial charge in [0.25, 0.3) is 5.91 Å². The number of nitrogens with one attached hydrogen (secondary N) is 3. The van der Waals surface area contributed by atoms with E-state index in [0.29, 0.717) is 31.6 Å². The molecule has 3 N–H and O–H groups in total. The maximum absolute atomic E-state index is 12.7. The van der Waals surface area contributed by atoms with Gasteiger partial charge >= 0.3 is 6.03 Å². The average molecular weight is 355 g/mol. The number of amides is 3. The first-order valence-electron chi connectivity index (χ1n) is 7.87. The summed E-state index contributed by atoms with van der Waals surface area (Å²) in [6.07, 6.45) is 1.28. The summed E-state index contributed by atoms with van der Waals surface area (Å²) < 4.78 is 5.53. The van der Waals surface area contributed by atoms with Crippen molar-refractivity contribution in [2.75, 3.05) is 43.5 Å². The fraction of sp³-hybridized carbons (Fsp3) is 0.500. The number of carbonyl (C=O) groups excluding carboxylic acids is 2. The number of nitrogens with zero attached hydrogens (tertiary/aromatic N) is 1. The van der Waals surface area contributed by atoms with Gasteiger partial charge in [-0.1, -0.05) is 6.07 Å². The van der Waals surface area contributed by atoms with Crippen molar-refractivity contribution < 1.29 is 14.3 Å². The van der Waals surface area contributed by atoms with Gasteiger partial charge in [-0.05, 0) is 44.1 Å². The summed E-state index contributed by atoms with van der Waals surface area (Å²) in [6.45, 7) is 2.78. The van der Waals surface area contributed by atoms with E-state index in [1.54, 1.807) is 12.0 Å². The Bertz CT molecular complexity index is 605. The molecule has 2 fully saturated rings. The molecule has 7 nitrogen and oxygen atoms in total. The second-order valence-electron chi connectivity index (χ2n) is 5.84. The van der Waals surface area contributed by atoms with Crippen molar-refractivity contribution in [1.29, 1.82) is 0 Å². The first kappa shape index (κ1) is 18.5. The van der Waals surface area contributed by atoms with Crippen molar-refractivity contribution in [2.24, 2.45) is 0 Å². The van der Waals surface area contributed by atoms with Crippen LogP contribution >= 0.6 is 12.4 Å². The molecule has 2 aliphatic rings. The number of benzene rings is 1. The summed E-state index contributed by atoms with van der Waals surface area (Å²) in [6, 6.07) is 7.21. The van der Waals surface area contributed by atoms with E-state index >= 15 is 0 Å². The van der Waals surface area contributed by atoms with Crippen molar-refractivity contribution in [3.63, 3.8) is 0 Å². The molecule has 0 atom stereocenters. The van der Waals surface area contributed by atoms with Crippen LogP contribution in [-0.2, 0) is 9.53 Å². The van der Waals surface area contributed by atoms with Crippen molar-refractivity contribution in [2.45, 2.75) is 18.4 Å². The highest BCUT2D eigenvalue weighted by molar-refractivity contribution is 5.99. The minimum atomic E-state index is -0.785. The van der Waals surface area contributed by atoms with Crippen LogP contribution in [0.4, 0.5) is 16.2 Å². The van der Waals surface area contributed by atoms with Gasteiger partial charge in [-0.3, -0.25) is 9.69 Å². The molecule has 24 heavy (non-hydrogen) atoms. The number of methoxy groups -OCH3 is 1. The third-order valence-electron chi connectivity index (χ3n) is 4.49. The van der Waals surface area contributed by atoms with Gasteiger partial charge < -0.3 is 20.7 Å². The fourth-order valence-electron chi connectivity index (χ4n) is 3.07. The first-order valence-corrected chi connectivity index (χ1v) is 7.87. The first-order chi connectivity index (χ1) is 11.1. The maximum atomic E-state index is 12.7. The highest BCUT2D eigenvalue weighted by Crippen LogP contribution is 2.26. The molecular formula is C16H23ClN4O3. The van der Waals surface area contributed by atoms with E-state index in [0.717, 1.165) is 18.8 Å². The fourth-order valence-corrected chi connectivity index (χ4v) is 3.07. The van der Waals surface area contributed by atoms with E-state index in [9.17, 15) is 9.59 Å². The van der Waals surface area contributed by atoms with E-state index in [1.165, 1.54) is 0 Å². The zero-order valence-corrected chi connectivity index (χ0v) is 14.4. The number of urea groups is 1. The second-order valence-corrected chi connectivity index (χ2v) is 5.84. The van der Waals surface area contributed by atoms with E-state index < -0.39 is 5.60 Å². The van der Waals surface area contributed by atoms with E-state index in [4.69, 9.17) is 4.74 Å². The van der Waals surface area contributed by atoms with Crippen LogP contribution in [0.2, 0.25) is 0 Å². The topological polar surface area (TPSA) is 82.7 Å². The normalized spacial score (nSPS) is 19.4. The van der Waals surface area contributed by atoms with Gasteiger partial charge in [-0.15, -0.1) is 12.4 Å². The van der Waals surface area contributed by atoms with Gasteiger partial charge in [-0.25, -0.2) is 4.79 Å². The summed E-state index contributed by atoms with van der Waals surface area (Å²) in [5, 5.41) is 8.93. The van der Waals surface area contributed by atoms with Gasteiger partial charge in [0.2, 0.25) is 0 Å². The summed E-state index contributed by atoms with van der Waals surface area (Å²) in [5.74, 6) is -0.135. The minimum absolute atomic E-state index is 0. The maximum Gasteiger partial charge on any atom is 0.321 e. The predicted octanol–water partition coefficient (Wildman–Crippen LogP) is 1.35. The number of piperidine rings is 1. The van der Waals surface area contributed by atoms with Crippen molar-refractivity contribution in [3.8, 4) is 0 Å². The standard InChI is InChI=1S/C16H22N4O3.ClH/c1-23-16(5-7-17-8-6-16)14(21)19-12-3-2-4-13(11-12)20-10-9-18-15(20)22;/h2-4,11,17H,5-10H2,1H3,(H,18,22)(H,19,21);1H. The van der Waals surface area contributed by atoms with Gasteiger partial charge in [0.1, 0.15) is 5.60 Å². The molecule has 2 saturated heterocycles. The van der Waals surface area contributed by atoms with Gasteiger partial charge in [0, 0.05) is 31.6 Å². The Morgan fingerprint density at radius 3 is 2.67 bits per heavy atom. The Hall–Kier alpha value is -1.83. The quantitative estimate of drug-likeness (QED) is 0.762. The summed E-state index contributed by atoms with van der Waals surface area (Å²) in [4.78, 5) is 26.1. The Morgan fingerprint density at radius 2 is 2.04 bits per heavy atom. The molecular weight excluding hydrogens is 332 g/mol. The van der Waals surface area contributed by atoms with Crippen LogP contribution in [0, 0.1) is 0 Å². The van der Waals surface area contributed by atoms with Crippen LogP contribution in [0.1, 0.15) is 12.8 Å². The molecule has 8 heteroatoms. The molecule has 1 aromatic carbocycles. The molecule has 0 radical (unpaired) electrons. The molecule has 0 aromatic heterocycles. The lowest BCUT2D eigenvalue weighted by atomic mass is 9.91. The molecule has 0 aliphatic carbocycles. The van der Waals surface area contributed by atoms with E-state index in [2.05, 4.69) is 16.0 Å². The smallest absolute Gasteiger partial charge is 0.321 e. The zero-order chi connectivity index (χ0) is 16.3. The molecule has 0 saturated carbocycles. The lowest BCUT2D eigenvalue weighted by Crippen LogP contribution is -2.51. The van der Waals surface area contributed by atoms with Crippen LogP contribution in [0.25, 0.3) is 0 Å². The van der Waals surface area contributed by atoms with Crippen LogP contribution in [0.15, 0.2) is 24.3 Å². The molecule has 1 aromatic rings. The average Bonchev–Trinajstić information content (AvgIpc) is 3.01. The van der Waals surface area contributed by atoms with Crippen molar-refractivity contribution in [3.05, 3.63) is 24.3 Å². The molecule has 132 valence electrons. The molecule has 2 heterocycles. The second kappa shape index (κ2) is 7.83. The van der Waals surface area contributed by atoms with Crippen LogP contribution < -0.4 is 20.9 Å². The number of anilines is 2. The highest BCUT2D eigenvalue weighted by atomic mass is 35.5. The number of rotatable bonds is 4. The molecule has 0 bridgehead atoms. The highest BCUT2D eigenvalue weighted by Gasteiger charge is 2.39. The van der Waals surface area contributed by atoms with Crippen molar-refractivity contribution >= 4 is 35.7 Å². The van der Waals surface area contributed by atoms with E-state index in [1.807, 2.05) is 24.3 Å². The number of halogens is 1. The lowest BCUT2D eigenvalue weighted by molar-refractivity contribution is -0.140. The minimum Gasteiger partial charge on any atom is -0.368 e. The summed E-state index contributed by atoms with van der Waals surface area (Å²) >= 11 is 0. The third-order valence-corrected chi connectivity index (χ3v) is 4.49. The third kappa shape index (κ3) is 3.63. The molecule has 2 aliphatic heterocycles. The lowest BCUT2D eigenvalue weighted by Gasteiger charge is -2.34. The number of hydrogen-bond acceptors (Lipinski definition) is 4. The monoisotopic (exact) mass is 354 g/mol. The van der Waals surface area contributed by atoms with Crippen molar-refractivity contribution in [1.82, 2.24) is 10.6 Å². The van der Waals surface area contributed by atoms with Crippen LogP contribution in [-0.4, -0.2) is 50.8 Å². The molecule has 0 unspecified atom stereocenters. The van der Waals surface area contributed by atoms with Gasteiger partial charge in [-0.2, -0.15) is 0 Å². The number of ether oxygens (including phenoxy) is 1. The number of hydrogen-bond donors (Lipinski definition) is 3. The van der Waals surface area contributed by atoms with Gasteiger partial charge in [0.15, 0.2) is 0 Å². The van der Waals surface area contributed by atoms with Gasteiger partial charge in [0.05, 0.1) is 0 Å². The molecule has 3 amide bonds. The number of carbonyl (C=O) groups is 2.